The third-order valence-corrected chi connectivity index (χ3v) is 3.66. The second kappa shape index (κ2) is 6.41. The van der Waals surface area contributed by atoms with Crippen molar-refractivity contribution in [1.82, 2.24) is 0 Å². The molecule has 1 unspecified atom stereocenters. The predicted octanol–water partition coefficient (Wildman–Crippen LogP) is 4.64. The van der Waals surface area contributed by atoms with Crippen molar-refractivity contribution in [3.63, 3.8) is 0 Å². The van der Waals surface area contributed by atoms with Gasteiger partial charge in [0.05, 0.1) is 0 Å². The van der Waals surface area contributed by atoms with E-state index in [-0.39, 0.29) is 5.75 Å². The molecule has 5 heteroatoms. The number of benzene rings is 2. The van der Waals surface area contributed by atoms with Gasteiger partial charge in [-0.3, -0.25) is 0 Å². The van der Waals surface area contributed by atoms with Gasteiger partial charge < -0.3 is 9.84 Å². The topological polar surface area (TPSA) is 29.5 Å². The average molecular weight is 313 g/mol. The SMILES string of the molecule is Cc1cc(Cl)c(C(O)c2ccc(OC(F)F)cc2)cc1C. The van der Waals surface area contributed by atoms with Gasteiger partial charge in [-0.1, -0.05) is 29.8 Å². The summed E-state index contributed by atoms with van der Waals surface area (Å²) in [4.78, 5) is 0. The molecule has 0 saturated heterocycles. The van der Waals surface area contributed by atoms with Crippen molar-refractivity contribution in [3.05, 3.63) is 63.7 Å². The van der Waals surface area contributed by atoms with E-state index in [9.17, 15) is 13.9 Å². The molecule has 21 heavy (non-hydrogen) atoms. The summed E-state index contributed by atoms with van der Waals surface area (Å²) in [5, 5.41) is 10.9. The fourth-order valence-corrected chi connectivity index (χ4v) is 2.35. The second-order valence-corrected chi connectivity index (χ2v) is 5.22. The van der Waals surface area contributed by atoms with Gasteiger partial charge in [0.15, 0.2) is 0 Å². The van der Waals surface area contributed by atoms with Crippen molar-refractivity contribution < 1.29 is 18.6 Å². The fraction of sp³-hybridized carbons (Fsp3) is 0.250. The number of halogens is 3. The Labute approximate surface area is 126 Å². The quantitative estimate of drug-likeness (QED) is 0.891. The zero-order chi connectivity index (χ0) is 15.6. The van der Waals surface area contributed by atoms with Crippen LogP contribution in [0.25, 0.3) is 0 Å². The highest BCUT2D eigenvalue weighted by molar-refractivity contribution is 6.31. The zero-order valence-corrected chi connectivity index (χ0v) is 12.4. The molecule has 2 rings (SSSR count). The molecular weight excluding hydrogens is 298 g/mol. The molecule has 0 aliphatic heterocycles. The molecule has 0 spiro atoms. The summed E-state index contributed by atoms with van der Waals surface area (Å²) in [7, 11) is 0. The summed E-state index contributed by atoms with van der Waals surface area (Å²) in [6, 6.07) is 9.47. The van der Waals surface area contributed by atoms with Gasteiger partial charge in [-0.15, -0.1) is 0 Å². The van der Waals surface area contributed by atoms with Gasteiger partial charge >= 0.3 is 6.61 Å². The van der Waals surface area contributed by atoms with Crippen molar-refractivity contribution in [2.45, 2.75) is 26.6 Å². The Morgan fingerprint density at radius 3 is 2.19 bits per heavy atom. The van der Waals surface area contributed by atoms with Crippen LogP contribution in [0.4, 0.5) is 8.78 Å². The first kappa shape index (κ1) is 15.7. The van der Waals surface area contributed by atoms with E-state index in [1.165, 1.54) is 24.3 Å². The molecule has 0 saturated carbocycles. The summed E-state index contributed by atoms with van der Waals surface area (Å²) in [6.45, 7) is 1.00. The number of alkyl halides is 2. The Morgan fingerprint density at radius 2 is 1.62 bits per heavy atom. The molecule has 0 aliphatic rings. The lowest BCUT2D eigenvalue weighted by Gasteiger charge is -2.15. The molecule has 1 N–H and O–H groups in total. The molecule has 112 valence electrons. The van der Waals surface area contributed by atoms with Crippen LogP contribution in [-0.2, 0) is 0 Å². The van der Waals surface area contributed by atoms with E-state index >= 15 is 0 Å². The standard InChI is InChI=1S/C16H15ClF2O2/c1-9-7-13(14(17)8-10(9)2)15(20)11-3-5-12(6-4-11)21-16(18)19/h3-8,15-16,20H,1-2H3. The van der Waals surface area contributed by atoms with Gasteiger partial charge in [0.25, 0.3) is 0 Å². The zero-order valence-electron chi connectivity index (χ0n) is 11.6. The largest absolute Gasteiger partial charge is 0.435 e. The van der Waals surface area contributed by atoms with Crippen LogP contribution in [0.5, 0.6) is 5.75 Å². The number of hydrogen-bond donors (Lipinski definition) is 1. The first-order chi connectivity index (χ1) is 9.88. The van der Waals surface area contributed by atoms with Crippen LogP contribution in [0.2, 0.25) is 5.02 Å². The number of aryl methyl sites for hydroxylation is 2. The van der Waals surface area contributed by atoms with Crippen LogP contribution in [0.15, 0.2) is 36.4 Å². The third kappa shape index (κ3) is 3.71. The van der Waals surface area contributed by atoms with Gasteiger partial charge in [0.1, 0.15) is 11.9 Å². The Morgan fingerprint density at radius 1 is 1.05 bits per heavy atom. The lowest BCUT2D eigenvalue weighted by atomic mass is 9.98. The van der Waals surface area contributed by atoms with Crippen molar-refractivity contribution >= 4 is 11.6 Å². The first-order valence-corrected chi connectivity index (χ1v) is 6.75. The average Bonchev–Trinajstić information content (AvgIpc) is 2.42. The minimum absolute atomic E-state index is 0.0483. The Bertz CT molecular complexity index is 627. The van der Waals surface area contributed by atoms with E-state index < -0.39 is 12.7 Å². The lowest BCUT2D eigenvalue weighted by molar-refractivity contribution is -0.0498. The van der Waals surface area contributed by atoms with Crippen molar-refractivity contribution in [2.24, 2.45) is 0 Å². The van der Waals surface area contributed by atoms with E-state index in [2.05, 4.69) is 4.74 Å². The van der Waals surface area contributed by atoms with E-state index in [0.717, 1.165) is 11.1 Å². The molecule has 0 amide bonds. The molecule has 2 aromatic carbocycles. The second-order valence-electron chi connectivity index (χ2n) is 4.81. The van der Waals surface area contributed by atoms with Gasteiger partial charge in [0, 0.05) is 10.6 Å². The molecular formula is C16H15ClF2O2. The third-order valence-electron chi connectivity index (χ3n) is 3.33. The molecule has 0 radical (unpaired) electrons. The maximum atomic E-state index is 12.1. The van der Waals surface area contributed by atoms with Crippen LogP contribution >= 0.6 is 11.6 Å². The van der Waals surface area contributed by atoms with Crippen LogP contribution in [-0.4, -0.2) is 11.7 Å². The maximum absolute atomic E-state index is 12.1. The number of ether oxygens (including phenoxy) is 1. The van der Waals surface area contributed by atoms with E-state index in [0.29, 0.717) is 16.1 Å². The van der Waals surface area contributed by atoms with E-state index in [1.54, 1.807) is 6.07 Å². The van der Waals surface area contributed by atoms with E-state index in [4.69, 9.17) is 11.6 Å². The normalized spacial score (nSPS) is 12.5. The summed E-state index contributed by atoms with van der Waals surface area (Å²) < 4.78 is 28.5. The monoisotopic (exact) mass is 312 g/mol. The van der Waals surface area contributed by atoms with Crippen LogP contribution in [0.1, 0.15) is 28.4 Å². The molecule has 0 fully saturated rings. The lowest BCUT2D eigenvalue weighted by Crippen LogP contribution is -2.04. The van der Waals surface area contributed by atoms with Gasteiger partial charge in [-0.25, -0.2) is 0 Å². The first-order valence-electron chi connectivity index (χ1n) is 6.38. The Balaban J connectivity index is 2.27. The van der Waals surface area contributed by atoms with Crippen LogP contribution in [0, 0.1) is 13.8 Å². The molecule has 0 aromatic heterocycles. The van der Waals surface area contributed by atoms with Crippen LogP contribution < -0.4 is 4.74 Å². The highest BCUT2D eigenvalue weighted by atomic mass is 35.5. The highest BCUT2D eigenvalue weighted by Crippen LogP contribution is 2.31. The predicted molar refractivity (Wildman–Crippen MR) is 78.1 cm³/mol. The number of rotatable bonds is 4. The number of hydrogen-bond acceptors (Lipinski definition) is 2. The van der Waals surface area contributed by atoms with Gasteiger partial charge in [-0.2, -0.15) is 8.78 Å². The summed E-state index contributed by atoms with van der Waals surface area (Å²) >= 11 is 6.16. The molecule has 0 heterocycles. The summed E-state index contributed by atoms with van der Waals surface area (Å²) in [5.41, 5.74) is 3.20. The molecule has 2 aromatic rings. The van der Waals surface area contributed by atoms with E-state index in [1.807, 2.05) is 19.9 Å². The number of aliphatic hydroxyl groups excluding tert-OH is 1. The minimum Gasteiger partial charge on any atom is -0.435 e. The molecule has 0 aliphatic carbocycles. The molecule has 2 nitrogen and oxygen atoms in total. The Hall–Kier alpha value is -1.65. The summed E-state index contributed by atoms with van der Waals surface area (Å²) in [6.07, 6.45) is -0.919. The van der Waals surface area contributed by atoms with Crippen LogP contribution in [0.3, 0.4) is 0 Å². The smallest absolute Gasteiger partial charge is 0.387 e. The van der Waals surface area contributed by atoms with Crippen molar-refractivity contribution in [2.75, 3.05) is 0 Å². The highest BCUT2D eigenvalue weighted by Gasteiger charge is 2.15. The van der Waals surface area contributed by atoms with Crippen molar-refractivity contribution in [1.29, 1.82) is 0 Å². The summed E-state index contributed by atoms with van der Waals surface area (Å²) in [5.74, 6) is 0.0483. The number of aliphatic hydroxyl groups is 1. The molecule has 0 bridgehead atoms. The fourth-order valence-electron chi connectivity index (χ4n) is 2.02. The van der Waals surface area contributed by atoms with Gasteiger partial charge in [0.2, 0.25) is 0 Å². The minimum atomic E-state index is -2.87. The van der Waals surface area contributed by atoms with Crippen molar-refractivity contribution in [3.8, 4) is 5.75 Å². The van der Waals surface area contributed by atoms with Gasteiger partial charge in [-0.05, 0) is 48.7 Å². The maximum Gasteiger partial charge on any atom is 0.387 e. The Kier molecular flexibility index (Phi) is 4.80. The molecule has 1 atom stereocenters.